The molecule has 4 heterocycles. The number of thioether (sulfide) groups is 1. The molecule has 5 rings (SSSR count). The first-order valence-corrected chi connectivity index (χ1v) is 30.3. The summed E-state index contributed by atoms with van der Waals surface area (Å²) in [6.45, 7) is 4.55. The molecule has 88 heavy (non-hydrogen) atoms. The standard InChI is InChI=1S/C71H71BF2N4O9S/c1-7-9-11-13-15-17-19-21-22-23-24-25-26-27-28-29-30-31-33-35-37-39-41-43-62(80)76-59(67(82)60(79)42-40-38-36-34-32-20-18-16-14-12-10-8-2)50-86-71-70(85)69(84)68(83)61(87-71)51-88-52-63(81)75-58-46-44-57(45-47-58)64-65-53(3)48-55(5)77(65)72(73,74)78-56(6)49-54(4)66(64)78/h1,44-49,59-61,67-71,79,82-85H,8,10,12,14,16,18,20,32,34,36,38,40,42-43,50-52H2,2-6H3,(H,75,81)(H,76,80)/t59-,60+,61?,67-,68-,69-,70?,71-/m0/s1. The van der Waals surface area contributed by atoms with Gasteiger partial charge in [0.2, 0.25) is 11.8 Å². The molecule has 1 saturated heterocycles. The van der Waals surface area contributed by atoms with Gasteiger partial charge < -0.3 is 63.2 Å². The van der Waals surface area contributed by atoms with E-state index in [9.17, 15) is 35.1 Å². The zero-order chi connectivity index (χ0) is 63.7. The van der Waals surface area contributed by atoms with E-state index < -0.39 is 74.3 Å². The number of amides is 2. The summed E-state index contributed by atoms with van der Waals surface area (Å²) in [6, 6.07) is 7.46. The zero-order valence-electron chi connectivity index (χ0n) is 50.2. The molecule has 2 amide bonds. The van der Waals surface area contributed by atoms with Gasteiger partial charge in [-0.15, -0.1) is 18.2 Å². The van der Waals surface area contributed by atoms with Crippen molar-refractivity contribution < 1.29 is 57.7 Å². The molecule has 452 valence electrons. The van der Waals surface area contributed by atoms with Gasteiger partial charge >= 0.3 is 6.97 Å². The normalized spacial score (nSPS) is 17.9. The van der Waals surface area contributed by atoms with Gasteiger partial charge in [0.05, 0.1) is 42.6 Å². The predicted octanol–water partition coefficient (Wildman–Crippen LogP) is 6.39. The molecule has 7 N–H and O–H groups in total. The number of ether oxygens (including phenoxy) is 2. The number of anilines is 1. The predicted molar refractivity (Wildman–Crippen MR) is 342 cm³/mol. The van der Waals surface area contributed by atoms with Gasteiger partial charge in [0.1, 0.15) is 30.1 Å². The summed E-state index contributed by atoms with van der Waals surface area (Å²) in [6.07, 6.45) is 9.44. The van der Waals surface area contributed by atoms with Crippen LogP contribution in [0, 0.1) is 156 Å². The number of carbonyl (C=O) groups excluding carboxylic acids is 2. The molecule has 17 heteroatoms. The van der Waals surface area contributed by atoms with Crippen LogP contribution in [0.15, 0.2) is 47.7 Å². The third-order valence-corrected chi connectivity index (χ3v) is 15.2. The van der Waals surface area contributed by atoms with Gasteiger partial charge in [-0.05, 0) is 157 Å². The van der Waals surface area contributed by atoms with Crippen LogP contribution < -0.4 is 10.6 Å². The van der Waals surface area contributed by atoms with E-state index in [4.69, 9.17) is 15.9 Å². The Hall–Kier alpha value is -8.70. The van der Waals surface area contributed by atoms with Crippen molar-refractivity contribution in [3.8, 4) is 143 Å². The first-order valence-electron chi connectivity index (χ1n) is 29.2. The van der Waals surface area contributed by atoms with E-state index >= 15 is 8.63 Å². The molecule has 13 nitrogen and oxygen atoms in total. The number of aromatic nitrogens is 1. The molecule has 0 saturated carbocycles. The number of aliphatic hydroxyl groups excluding tert-OH is 5. The highest BCUT2D eigenvalue weighted by molar-refractivity contribution is 8.00. The second-order valence-electron chi connectivity index (χ2n) is 20.9. The molecule has 1 aromatic carbocycles. The SMILES string of the molecule is C#CC#CC#CC#CC#CC#CC#CC#CC#CC#CC#CC#CCC(=O)N[C@@H](CO[C@H]1OC(CSCC(=O)Nc2ccc(C3=C4C(C)=CC(C)=[N+]4[B-](F)(F)n4c(C)cc(C)c43)cc2)[C@H](O)[C@H](O)C1O)[C@H](O)[C@H](O)CCCCCCCCCCCCCC. The Labute approximate surface area is 522 Å². The van der Waals surface area contributed by atoms with Crippen molar-refractivity contribution in [1.82, 2.24) is 9.79 Å². The van der Waals surface area contributed by atoms with Crippen molar-refractivity contribution in [3.63, 3.8) is 0 Å². The monoisotopic (exact) mass is 1200 g/mol. The van der Waals surface area contributed by atoms with E-state index in [0.29, 0.717) is 46.0 Å². The molecule has 0 spiro atoms. The molecular weight excluding hydrogens is 1130 g/mol. The zero-order valence-corrected chi connectivity index (χ0v) is 51.0. The lowest BCUT2D eigenvalue weighted by molar-refractivity contribution is -0.363. The summed E-state index contributed by atoms with van der Waals surface area (Å²) in [5.41, 5.74) is 5.03. The van der Waals surface area contributed by atoms with Crippen LogP contribution in [0.25, 0.3) is 5.57 Å². The summed E-state index contributed by atoms with van der Waals surface area (Å²) in [4.78, 5) is 26.4. The molecular formula is C71H71BF2N4O9S. The van der Waals surface area contributed by atoms with Crippen LogP contribution in [-0.4, -0.2) is 126 Å². The fourth-order valence-corrected chi connectivity index (χ4v) is 10.9. The quantitative estimate of drug-likeness (QED) is 0.0317. The number of hydrogen-bond donors (Lipinski definition) is 7. The lowest BCUT2D eigenvalue weighted by atomic mass is 9.84. The molecule has 8 atom stereocenters. The number of benzene rings is 1. The first kappa shape index (κ1) is 70.1. The highest BCUT2D eigenvalue weighted by Crippen LogP contribution is 2.44. The number of fused-ring (bicyclic) bond motifs is 2. The Morgan fingerprint density at radius 1 is 0.716 bits per heavy atom. The number of nitrogens with zero attached hydrogens (tertiary/aromatic N) is 2. The second-order valence-corrected chi connectivity index (χ2v) is 21.9. The summed E-state index contributed by atoms with van der Waals surface area (Å²) in [5.74, 6) is 55.6. The third kappa shape index (κ3) is 21.9. The summed E-state index contributed by atoms with van der Waals surface area (Å²) in [5, 5.41) is 60.9. The van der Waals surface area contributed by atoms with Crippen molar-refractivity contribution in [2.45, 2.75) is 173 Å². The Morgan fingerprint density at radius 2 is 1.23 bits per heavy atom. The number of halogens is 2. The number of carbonyl (C=O) groups is 2. The summed E-state index contributed by atoms with van der Waals surface area (Å²) >= 11 is 1.08. The van der Waals surface area contributed by atoms with E-state index in [-0.39, 0.29) is 24.3 Å². The van der Waals surface area contributed by atoms with Gasteiger partial charge in [-0.3, -0.25) is 9.59 Å². The minimum Gasteiger partial charge on any atom is -0.393 e. The number of hydrogen-bond acceptors (Lipinski definition) is 10. The lowest BCUT2D eigenvalue weighted by Crippen LogP contribution is -2.60. The smallest absolute Gasteiger partial charge is 0.393 e. The minimum atomic E-state index is -4.14. The van der Waals surface area contributed by atoms with Crippen LogP contribution in [0.3, 0.4) is 0 Å². The fraction of sp³-hybridized carbons (Fsp3) is 0.423. The molecule has 0 aliphatic carbocycles. The van der Waals surface area contributed by atoms with Crippen LogP contribution in [0.4, 0.5) is 14.3 Å². The number of rotatable bonds is 26. The topological polar surface area (TPSA) is 186 Å². The van der Waals surface area contributed by atoms with Gasteiger partial charge in [0, 0.05) is 71.2 Å². The van der Waals surface area contributed by atoms with Gasteiger partial charge in [-0.1, -0.05) is 102 Å². The van der Waals surface area contributed by atoms with Crippen LogP contribution in [-0.2, 0) is 19.1 Å². The Kier molecular flexibility index (Phi) is 30.1. The summed E-state index contributed by atoms with van der Waals surface area (Å²) in [7, 11) is 0. The van der Waals surface area contributed by atoms with Crippen molar-refractivity contribution in [3.05, 3.63) is 70.2 Å². The number of nitrogens with one attached hydrogen (secondary N) is 2. The average molecular weight is 1210 g/mol. The first-order chi connectivity index (χ1) is 42.5. The average Bonchev–Trinajstić information content (AvgIpc) is 1.65. The van der Waals surface area contributed by atoms with E-state index in [2.05, 4.69) is 154 Å². The maximum absolute atomic E-state index is 16.1. The van der Waals surface area contributed by atoms with E-state index in [1.54, 1.807) is 50.3 Å². The van der Waals surface area contributed by atoms with E-state index in [1.165, 1.54) is 44.9 Å². The lowest BCUT2D eigenvalue weighted by Gasteiger charge is -2.41. The molecule has 0 bridgehead atoms. The fourth-order valence-electron chi connectivity index (χ4n) is 10.1. The molecule has 3 aliphatic heterocycles. The van der Waals surface area contributed by atoms with E-state index in [0.717, 1.165) is 57.5 Å². The highest BCUT2D eigenvalue weighted by atomic mass is 32.2. The van der Waals surface area contributed by atoms with Gasteiger partial charge in [-0.2, -0.15) is 0 Å². The van der Waals surface area contributed by atoms with Crippen molar-refractivity contribution >= 4 is 47.5 Å². The Morgan fingerprint density at radius 3 is 1.76 bits per heavy atom. The largest absolute Gasteiger partial charge is 0.737 e. The number of terminal acetylenes is 1. The Bertz CT molecular complexity index is 3750. The third-order valence-electron chi connectivity index (χ3n) is 14.2. The molecule has 3 aliphatic rings. The van der Waals surface area contributed by atoms with Crippen molar-refractivity contribution in [2.24, 2.45) is 0 Å². The number of aryl methyl sites for hydroxylation is 2. The van der Waals surface area contributed by atoms with Crippen LogP contribution in [0.2, 0.25) is 0 Å². The Balaban J connectivity index is 1.15. The maximum Gasteiger partial charge on any atom is 0.737 e. The highest BCUT2D eigenvalue weighted by Gasteiger charge is 2.55. The maximum atomic E-state index is 16.1. The molecule has 1 aromatic heterocycles. The summed E-state index contributed by atoms with van der Waals surface area (Å²) < 4.78 is 46.4. The van der Waals surface area contributed by atoms with Crippen LogP contribution in [0.5, 0.6) is 0 Å². The van der Waals surface area contributed by atoms with Crippen molar-refractivity contribution in [1.29, 1.82) is 0 Å². The number of unbranched alkanes of at least 4 members (excludes halogenated alkanes) is 11. The second kappa shape index (κ2) is 37.8. The molecule has 2 aromatic rings. The van der Waals surface area contributed by atoms with Gasteiger partial charge in [0.25, 0.3) is 0 Å². The minimum absolute atomic E-state index is 0.0268. The van der Waals surface area contributed by atoms with Crippen LogP contribution >= 0.6 is 11.8 Å². The molecule has 2 unspecified atom stereocenters. The van der Waals surface area contributed by atoms with Crippen molar-refractivity contribution in [2.75, 3.05) is 23.4 Å². The molecule has 0 radical (unpaired) electrons. The number of aliphatic hydroxyl groups is 5. The molecule has 1 fully saturated rings. The van der Waals surface area contributed by atoms with Crippen LogP contribution in [0.1, 0.15) is 133 Å². The van der Waals surface area contributed by atoms with Gasteiger partial charge in [-0.25, -0.2) is 0 Å². The van der Waals surface area contributed by atoms with E-state index in [1.807, 2.05) is 13.8 Å². The number of allylic oxidation sites excluding steroid dienone is 2. The van der Waals surface area contributed by atoms with Gasteiger partial charge in [0.15, 0.2) is 12.0 Å².